The van der Waals surface area contributed by atoms with Crippen molar-refractivity contribution < 1.29 is 4.74 Å². The van der Waals surface area contributed by atoms with E-state index >= 15 is 0 Å². The first-order valence-corrected chi connectivity index (χ1v) is 7.95. The summed E-state index contributed by atoms with van der Waals surface area (Å²) in [6.45, 7) is 10.7. The van der Waals surface area contributed by atoms with Crippen molar-refractivity contribution in [3.8, 4) is 5.88 Å². The molecule has 6 heteroatoms. The minimum absolute atomic E-state index is 0.480. The number of nitrogens with zero attached hydrogens (tertiary/aromatic N) is 3. The first-order chi connectivity index (χ1) is 10.2. The monoisotopic (exact) mass is 293 g/mol. The number of aromatic nitrogens is 2. The van der Waals surface area contributed by atoms with Gasteiger partial charge in [-0.15, -0.1) is 0 Å². The molecule has 2 rings (SSSR count). The number of rotatable bonds is 9. The van der Waals surface area contributed by atoms with Gasteiger partial charge in [0.15, 0.2) is 5.82 Å². The lowest BCUT2D eigenvalue weighted by molar-refractivity contribution is 0.315. The SMILES string of the molecule is CCOc1nc(C2CC2)nc(NCCN(CC)CC)c1N. The first-order valence-electron chi connectivity index (χ1n) is 7.95. The smallest absolute Gasteiger partial charge is 0.242 e. The van der Waals surface area contributed by atoms with Crippen LogP contribution >= 0.6 is 0 Å². The summed E-state index contributed by atoms with van der Waals surface area (Å²) >= 11 is 0. The van der Waals surface area contributed by atoms with Crippen molar-refractivity contribution in [3.63, 3.8) is 0 Å². The Morgan fingerprint density at radius 2 is 1.95 bits per heavy atom. The minimum atomic E-state index is 0.480. The van der Waals surface area contributed by atoms with Gasteiger partial charge in [-0.1, -0.05) is 13.8 Å². The van der Waals surface area contributed by atoms with Crippen LogP contribution in [-0.4, -0.2) is 47.7 Å². The number of nitrogens with one attached hydrogen (secondary N) is 1. The molecule has 1 aliphatic rings. The zero-order valence-electron chi connectivity index (χ0n) is 13.4. The predicted octanol–water partition coefficient (Wildman–Crippen LogP) is 2.09. The second-order valence-corrected chi connectivity index (χ2v) is 5.31. The lowest BCUT2D eigenvalue weighted by atomic mass is 10.3. The average Bonchev–Trinajstić information content (AvgIpc) is 3.32. The van der Waals surface area contributed by atoms with Crippen LogP contribution in [0.3, 0.4) is 0 Å². The Bertz CT molecular complexity index is 458. The Kier molecular flexibility index (Phi) is 5.61. The van der Waals surface area contributed by atoms with E-state index < -0.39 is 0 Å². The van der Waals surface area contributed by atoms with Gasteiger partial charge in [0.05, 0.1) is 6.61 Å². The fraction of sp³-hybridized carbons (Fsp3) is 0.733. The third-order valence-corrected chi connectivity index (χ3v) is 3.77. The topological polar surface area (TPSA) is 76.3 Å². The number of nitrogen functional groups attached to an aromatic ring is 1. The molecule has 0 saturated heterocycles. The van der Waals surface area contributed by atoms with Gasteiger partial charge in [-0.3, -0.25) is 0 Å². The quantitative estimate of drug-likeness (QED) is 0.726. The van der Waals surface area contributed by atoms with E-state index in [2.05, 4.69) is 34.0 Å². The zero-order chi connectivity index (χ0) is 15.2. The van der Waals surface area contributed by atoms with E-state index in [1.165, 1.54) is 0 Å². The van der Waals surface area contributed by atoms with Gasteiger partial charge in [-0.2, -0.15) is 4.98 Å². The summed E-state index contributed by atoms with van der Waals surface area (Å²) in [5.41, 5.74) is 6.63. The molecule has 0 radical (unpaired) electrons. The maximum absolute atomic E-state index is 6.11. The largest absolute Gasteiger partial charge is 0.476 e. The lowest BCUT2D eigenvalue weighted by Gasteiger charge is -2.19. The summed E-state index contributed by atoms with van der Waals surface area (Å²) in [7, 11) is 0. The number of likely N-dealkylation sites (N-methyl/N-ethyl adjacent to an activating group) is 1. The zero-order valence-corrected chi connectivity index (χ0v) is 13.4. The molecule has 3 N–H and O–H groups in total. The standard InChI is InChI=1S/C15H27N5O/c1-4-20(5-2)10-9-17-14-12(16)15(21-6-3)19-13(18-14)11-7-8-11/h11H,4-10,16H2,1-3H3,(H,17,18,19). The van der Waals surface area contributed by atoms with Gasteiger partial charge < -0.3 is 20.7 Å². The maximum atomic E-state index is 6.11. The minimum Gasteiger partial charge on any atom is -0.476 e. The van der Waals surface area contributed by atoms with Crippen LogP contribution in [-0.2, 0) is 0 Å². The summed E-state index contributed by atoms with van der Waals surface area (Å²) in [4.78, 5) is 11.4. The second-order valence-electron chi connectivity index (χ2n) is 5.31. The molecule has 21 heavy (non-hydrogen) atoms. The van der Waals surface area contributed by atoms with Crippen LogP contribution < -0.4 is 15.8 Å². The van der Waals surface area contributed by atoms with Crippen molar-refractivity contribution in [2.45, 2.75) is 39.5 Å². The molecule has 1 aromatic rings. The Labute approximate surface area is 127 Å². The molecule has 0 amide bonds. The molecule has 0 aliphatic heterocycles. The summed E-state index contributed by atoms with van der Waals surface area (Å²) in [6, 6.07) is 0. The summed E-state index contributed by atoms with van der Waals surface area (Å²) in [5.74, 6) is 2.56. The predicted molar refractivity (Wildman–Crippen MR) is 85.9 cm³/mol. The molecule has 1 heterocycles. The van der Waals surface area contributed by atoms with Gasteiger partial charge in [-0.05, 0) is 32.9 Å². The second kappa shape index (κ2) is 7.45. The van der Waals surface area contributed by atoms with Crippen LogP contribution in [0.2, 0.25) is 0 Å². The van der Waals surface area contributed by atoms with Crippen molar-refractivity contribution in [1.82, 2.24) is 14.9 Å². The van der Waals surface area contributed by atoms with E-state index in [4.69, 9.17) is 10.5 Å². The van der Waals surface area contributed by atoms with Crippen LogP contribution in [0.15, 0.2) is 0 Å². The molecule has 1 aliphatic carbocycles. The van der Waals surface area contributed by atoms with Gasteiger partial charge in [0, 0.05) is 19.0 Å². The van der Waals surface area contributed by atoms with Crippen LogP contribution in [0.25, 0.3) is 0 Å². The van der Waals surface area contributed by atoms with Crippen LogP contribution in [0.4, 0.5) is 11.5 Å². The Hall–Kier alpha value is -1.56. The van der Waals surface area contributed by atoms with Crippen LogP contribution in [0, 0.1) is 0 Å². The van der Waals surface area contributed by atoms with Crippen LogP contribution in [0.1, 0.15) is 45.4 Å². The normalized spacial score (nSPS) is 14.5. The van der Waals surface area contributed by atoms with E-state index in [0.29, 0.717) is 29.9 Å². The van der Waals surface area contributed by atoms with Gasteiger partial charge in [-0.25, -0.2) is 4.98 Å². The lowest BCUT2D eigenvalue weighted by Crippen LogP contribution is -2.29. The van der Waals surface area contributed by atoms with Gasteiger partial charge in [0.2, 0.25) is 5.88 Å². The van der Waals surface area contributed by atoms with Crippen molar-refractivity contribution in [3.05, 3.63) is 5.82 Å². The highest BCUT2D eigenvalue weighted by Crippen LogP contribution is 2.40. The van der Waals surface area contributed by atoms with Crippen molar-refractivity contribution in [1.29, 1.82) is 0 Å². The fourth-order valence-corrected chi connectivity index (χ4v) is 2.24. The molecule has 0 aromatic carbocycles. The molecule has 0 atom stereocenters. The number of nitrogens with two attached hydrogens (primary N) is 1. The molecule has 1 aromatic heterocycles. The third kappa shape index (κ3) is 4.20. The highest BCUT2D eigenvalue weighted by atomic mass is 16.5. The number of ether oxygens (including phenoxy) is 1. The van der Waals surface area contributed by atoms with Gasteiger partial charge >= 0.3 is 0 Å². The Morgan fingerprint density at radius 3 is 2.52 bits per heavy atom. The molecular weight excluding hydrogens is 266 g/mol. The van der Waals surface area contributed by atoms with E-state index in [1.807, 2.05) is 6.92 Å². The molecule has 1 saturated carbocycles. The highest BCUT2D eigenvalue weighted by molar-refractivity contribution is 5.67. The Morgan fingerprint density at radius 1 is 1.24 bits per heavy atom. The summed E-state index contributed by atoms with van der Waals surface area (Å²) in [5, 5.41) is 3.34. The molecule has 118 valence electrons. The number of hydrogen-bond acceptors (Lipinski definition) is 6. The molecule has 1 fully saturated rings. The van der Waals surface area contributed by atoms with E-state index in [-0.39, 0.29) is 0 Å². The molecule has 0 unspecified atom stereocenters. The Balaban J connectivity index is 2.06. The fourth-order valence-electron chi connectivity index (χ4n) is 2.24. The molecule has 0 spiro atoms. The molecule has 6 nitrogen and oxygen atoms in total. The maximum Gasteiger partial charge on any atom is 0.242 e. The van der Waals surface area contributed by atoms with E-state index in [1.54, 1.807) is 0 Å². The highest BCUT2D eigenvalue weighted by Gasteiger charge is 2.28. The first kappa shape index (κ1) is 15.8. The summed E-state index contributed by atoms with van der Waals surface area (Å²) in [6.07, 6.45) is 2.32. The average molecular weight is 293 g/mol. The van der Waals surface area contributed by atoms with Crippen LogP contribution in [0.5, 0.6) is 5.88 Å². The van der Waals surface area contributed by atoms with E-state index in [9.17, 15) is 0 Å². The number of hydrogen-bond donors (Lipinski definition) is 2. The third-order valence-electron chi connectivity index (χ3n) is 3.77. The van der Waals surface area contributed by atoms with Crippen molar-refractivity contribution in [2.75, 3.05) is 43.8 Å². The van der Waals surface area contributed by atoms with Crippen molar-refractivity contribution >= 4 is 11.5 Å². The van der Waals surface area contributed by atoms with Gasteiger partial charge in [0.1, 0.15) is 11.5 Å². The molecular formula is C15H27N5O. The summed E-state index contributed by atoms with van der Waals surface area (Å²) < 4.78 is 5.54. The van der Waals surface area contributed by atoms with E-state index in [0.717, 1.165) is 44.8 Å². The van der Waals surface area contributed by atoms with Gasteiger partial charge in [0.25, 0.3) is 0 Å². The number of anilines is 2. The van der Waals surface area contributed by atoms with Crippen molar-refractivity contribution in [2.24, 2.45) is 0 Å². The molecule has 0 bridgehead atoms.